The second-order valence-corrected chi connectivity index (χ2v) is 7.17. The Kier molecular flexibility index (Phi) is 4.94. The molecule has 0 bridgehead atoms. The molecule has 3 aromatic rings. The van der Waals surface area contributed by atoms with E-state index >= 15 is 0 Å². The number of rotatable bonds is 4. The van der Waals surface area contributed by atoms with Crippen molar-refractivity contribution in [3.05, 3.63) is 70.2 Å². The number of halogens is 1. The largest absolute Gasteiger partial charge is 0.508 e. The van der Waals surface area contributed by atoms with Crippen molar-refractivity contribution in [1.82, 2.24) is 0 Å². The van der Waals surface area contributed by atoms with E-state index in [0.29, 0.717) is 25.6 Å². The molecule has 0 aliphatic carbocycles. The van der Waals surface area contributed by atoms with Crippen LogP contribution in [0.15, 0.2) is 59.1 Å². The van der Waals surface area contributed by atoms with Gasteiger partial charge in [-0.25, -0.2) is 0 Å². The lowest BCUT2D eigenvalue weighted by Gasteiger charge is -2.19. The van der Waals surface area contributed by atoms with Crippen molar-refractivity contribution in [2.45, 2.75) is 13.5 Å². The fraction of sp³-hybridized carbons (Fsp3) is 0.182. The Hall–Kier alpha value is -2.66. The monoisotopic (exact) mass is 426 g/mol. The fourth-order valence-corrected chi connectivity index (χ4v) is 3.57. The summed E-state index contributed by atoms with van der Waals surface area (Å²) in [6.07, 6.45) is 0. The normalized spacial score (nSPS) is 12.7. The van der Waals surface area contributed by atoms with E-state index in [4.69, 9.17) is 14.2 Å². The number of hydrogen-bond donors (Lipinski definition) is 1. The van der Waals surface area contributed by atoms with E-state index in [0.717, 1.165) is 38.2 Å². The fourth-order valence-electron chi connectivity index (χ4n) is 2.97. The number of benzene rings is 3. The van der Waals surface area contributed by atoms with Crippen LogP contribution in [0.2, 0.25) is 0 Å². The van der Waals surface area contributed by atoms with Gasteiger partial charge in [0, 0.05) is 16.1 Å². The van der Waals surface area contributed by atoms with Crippen molar-refractivity contribution in [2.75, 3.05) is 13.2 Å². The van der Waals surface area contributed by atoms with Crippen LogP contribution in [0.25, 0.3) is 11.1 Å². The van der Waals surface area contributed by atoms with E-state index in [9.17, 15) is 5.11 Å². The van der Waals surface area contributed by atoms with Gasteiger partial charge < -0.3 is 19.3 Å². The first kappa shape index (κ1) is 17.7. The van der Waals surface area contributed by atoms with Crippen molar-refractivity contribution < 1.29 is 19.3 Å². The summed E-state index contributed by atoms with van der Waals surface area (Å²) in [5.74, 6) is 2.41. The quantitative estimate of drug-likeness (QED) is 0.599. The van der Waals surface area contributed by atoms with Crippen LogP contribution in [0.5, 0.6) is 23.0 Å². The molecule has 1 N–H and O–H groups in total. The minimum atomic E-state index is 0.233. The molecule has 0 saturated carbocycles. The molecule has 0 amide bonds. The highest BCUT2D eigenvalue weighted by Gasteiger charge is 2.15. The van der Waals surface area contributed by atoms with Gasteiger partial charge in [-0.1, -0.05) is 30.3 Å². The Bertz CT molecular complexity index is 984. The number of phenols is 1. The zero-order valence-corrected chi connectivity index (χ0v) is 16.5. The Labute approximate surface area is 166 Å². The molecule has 0 atom stereocenters. The molecule has 0 spiro atoms. The van der Waals surface area contributed by atoms with E-state index in [-0.39, 0.29) is 5.75 Å². The van der Waals surface area contributed by atoms with Gasteiger partial charge in [0.1, 0.15) is 31.3 Å². The van der Waals surface area contributed by atoms with Crippen LogP contribution in [0, 0.1) is 6.92 Å². The van der Waals surface area contributed by atoms with Crippen LogP contribution in [0.4, 0.5) is 0 Å². The Morgan fingerprint density at radius 2 is 1.81 bits per heavy atom. The van der Waals surface area contributed by atoms with Crippen LogP contribution in [0.1, 0.15) is 11.1 Å². The number of ether oxygens (including phenoxy) is 3. The van der Waals surface area contributed by atoms with Gasteiger partial charge >= 0.3 is 0 Å². The van der Waals surface area contributed by atoms with Crippen molar-refractivity contribution in [3.8, 4) is 34.1 Å². The lowest BCUT2D eigenvalue weighted by molar-refractivity contribution is 0.171. The molecule has 0 saturated heterocycles. The molecule has 4 rings (SSSR count). The third-order valence-electron chi connectivity index (χ3n) is 4.51. The highest BCUT2D eigenvalue weighted by atomic mass is 79.9. The lowest BCUT2D eigenvalue weighted by Crippen LogP contribution is -2.15. The molecule has 138 valence electrons. The van der Waals surface area contributed by atoms with Crippen LogP contribution < -0.4 is 14.2 Å². The number of fused-ring (bicyclic) bond motifs is 1. The average molecular weight is 427 g/mol. The van der Waals surface area contributed by atoms with E-state index in [1.54, 1.807) is 6.07 Å². The van der Waals surface area contributed by atoms with E-state index in [1.165, 1.54) is 0 Å². The molecule has 27 heavy (non-hydrogen) atoms. The first-order valence-electron chi connectivity index (χ1n) is 8.71. The maximum Gasteiger partial charge on any atom is 0.161 e. The molecule has 0 fully saturated rings. The molecule has 5 heteroatoms. The van der Waals surface area contributed by atoms with Gasteiger partial charge in [0.25, 0.3) is 0 Å². The summed E-state index contributed by atoms with van der Waals surface area (Å²) in [6.45, 7) is 3.39. The van der Waals surface area contributed by atoms with Crippen molar-refractivity contribution >= 4 is 15.9 Å². The van der Waals surface area contributed by atoms with Gasteiger partial charge in [0.2, 0.25) is 0 Å². The number of hydrogen-bond acceptors (Lipinski definition) is 4. The van der Waals surface area contributed by atoms with E-state index in [1.807, 2.05) is 49.4 Å². The smallest absolute Gasteiger partial charge is 0.161 e. The summed E-state index contributed by atoms with van der Waals surface area (Å²) < 4.78 is 18.1. The number of aromatic hydroxyl groups is 1. The van der Waals surface area contributed by atoms with Crippen molar-refractivity contribution in [1.29, 1.82) is 0 Å². The Balaban J connectivity index is 1.58. The van der Waals surface area contributed by atoms with Crippen LogP contribution in [-0.4, -0.2) is 18.3 Å². The molecule has 0 unspecified atom stereocenters. The van der Waals surface area contributed by atoms with Gasteiger partial charge in [-0.2, -0.15) is 0 Å². The predicted molar refractivity (Wildman–Crippen MR) is 108 cm³/mol. The highest BCUT2D eigenvalue weighted by molar-refractivity contribution is 9.10. The number of aryl methyl sites for hydroxylation is 1. The molecule has 1 aliphatic heterocycles. The van der Waals surface area contributed by atoms with Gasteiger partial charge in [-0.05, 0) is 57.7 Å². The summed E-state index contributed by atoms with van der Waals surface area (Å²) in [6, 6.07) is 17.4. The maximum absolute atomic E-state index is 9.83. The van der Waals surface area contributed by atoms with Gasteiger partial charge in [-0.15, -0.1) is 0 Å². The lowest BCUT2D eigenvalue weighted by atomic mass is 10.0. The second-order valence-electron chi connectivity index (χ2n) is 6.37. The summed E-state index contributed by atoms with van der Waals surface area (Å²) in [4.78, 5) is 0. The van der Waals surface area contributed by atoms with Crippen LogP contribution >= 0.6 is 15.9 Å². The summed E-state index contributed by atoms with van der Waals surface area (Å²) in [7, 11) is 0. The van der Waals surface area contributed by atoms with Crippen LogP contribution in [-0.2, 0) is 6.61 Å². The third kappa shape index (κ3) is 3.74. The minimum Gasteiger partial charge on any atom is -0.508 e. The topological polar surface area (TPSA) is 47.9 Å². The zero-order valence-electron chi connectivity index (χ0n) is 14.9. The summed E-state index contributed by atoms with van der Waals surface area (Å²) in [5, 5.41) is 9.83. The molecule has 0 aromatic heterocycles. The second kappa shape index (κ2) is 7.53. The summed E-state index contributed by atoms with van der Waals surface area (Å²) >= 11 is 3.71. The standard InChI is InChI=1S/C22H19BrO4/c1-14-5-7-17(12-19(14)24)27-13-16-3-2-4-18(22(16)23)15-6-8-20-21(11-15)26-10-9-25-20/h2-8,11-12,24H,9-10,13H2,1H3. The average Bonchev–Trinajstić information content (AvgIpc) is 2.69. The van der Waals surface area contributed by atoms with Gasteiger partial charge in [0.15, 0.2) is 11.5 Å². The van der Waals surface area contributed by atoms with E-state index < -0.39 is 0 Å². The maximum atomic E-state index is 9.83. The predicted octanol–water partition coefficient (Wildman–Crippen LogP) is 5.48. The van der Waals surface area contributed by atoms with E-state index in [2.05, 4.69) is 22.0 Å². The third-order valence-corrected chi connectivity index (χ3v) is 5.44. The molecule has 3 aromatic carbocycles. The SMILES string of the molecule is Cc1ccc(OCc2cccc(-c3ccc4c(c3)OCCO4)c2Br)cc1O. The minimum absolute atomic E-state index is 0.233. The molecular weight excluding hydrogens is 408 g/mol. The zero-order chi connectivity index (χ0) is 18.8. The van der Waals surface area contributed by atoms with Crippen molar-refractivity contribution in [2.24, 2.45) is 0 Å². The molecule has 1 aliphatic rings. The number of phenolic OH excluding ortho intramolecular Hbond substituents is 1. The summed E-state index contributed by atoms with van der Waals surface area (Å²) in [5.41, 5.74) is 3.94. The highest BCUT2D eigenvalue weighted by Crippen LogP contribution is 2.38. The first-order valence-corrected chi connectivity index (χ1v) is 9.51. The van der Waals surface area contributed by atoms with Crippen molar-refractivity contribution in [3.63, 3.8) is 0 Å². The Morgan fingerprint density at radius 3 is 2.63 bits per heavy atom. The van der Waals surface area contributed by atoms with Crippen LogP contribution in [0.3, 0.4) is 0 Å². The molecule has 0 radical (unpaired) electrons. The Morgan fingerprint density at radius 1 is 1.00 bits per heavy atom. The molecule has 4 nitrogen and oxygen atoms in total. The first-order chi connectivity index (χ1) is 13.1. The van der Waals surface area contributed by atoms with Gasteiger partial charge in [-0.3, -0.25) is 0 Å². The molecular formula is C22H19BrO4. The van der Waals surface area contributed by atoms with Gasteiger partial charge in [0.05, 0.1) is 0 Å². The molecule has 1 heterocycles.